The van der Waals surface area contributed by atoms with Gasteiger partial charge in [0.25, 0.3) is 5.91 Å². The summed E-state index contributed by atoms with van der Waals surface area (Å²) in [5.74, 6) is -0.707. The van der Waals surface area contributed by atoms with E-state index in [4.69, 9.17) is 26.6 Å². The zero-order valence-electron chi connectivity index (χ0n) is 14.4. The van der Waals surface area contributed by atoms with Gasteiger partial charge >= 0.3 is 5.97 Å². The third-order valence-corrected chi connectivity index (χ3v) is 4.79. The fraction of sp³-hybridized carbons (Fsp3) is 0.389. The average Bonchev–Trinajstić information content (AvgIpc) is 3.03. The van der Waals surface area contributed by atoms with Crippen LogP contribution in [0.2, 0.25) is 5.02 Å². The maximum atomic E-state index is 13.0. The standard InChI is InChI=1S/C18H20ClN3O4/c1-2-25-18(24)11-7-9-22(10-8-11)17(23)14-15(21-26-16(14)20)12-5-3-4-6-13(12)19/h3-6,11H,2,7-10,20H2,1H3. The monoisotopic (exact) mass is 377 g/mol. The van der Waals surface area contributed by atoms with E-state index in [1.54, 1.807) is 36.1 Å². The highest BCUT2D eigenvalue weighted by Crippen LogP contribution is 2.33. The van der Waals surface area contributed by atoms with Crippen LogP contribution in [0.1, 0.15) is 30.1 Å². The van der Waals surface area contributed by atoms with Crippen LogP contribution in [0.25, 0.3) is 11.3 Å². The lowest BCUT2D eigenvalue weighted by Gasteiger charge is -2.30. The number of nitrogens with two attached hydrogens (primary N) is 1. The smallest absolute Gasteiger partial charge is 0.309 e. The second kappa shape index (κ2) is 7.78. The van der Waals surface area contributed by atoms with E-state index in [1.165, 1.54) is 0 Å². The third kappa shape index (κ3) is 3.53. The number of anilines is 1. The minimum atomic E-state index is -0.277. The molecule has 0 bridgehead atoms. The number of nitrogens with zero attached hydrogens (tertiary/aromatic N) is 2. The Morgan fingerprint density at radius 2 is 2.04 bits per heavy atom. The summed E-state index contributed by atoms with van der Waals surface area (Å²) in [5, 5.41) is 4.38. The molecule has 1 amide bonds. The van der Waals surface area contributed by atoms with Crippen LogP contribution < -0.4 is 5.73 Å². The molecular weight excluding hydrogens is 358 g/mol. The van der Waals surface area contributed by atoms with Gasteiger partial charge in [0.2, 0.25) is 5.88 Å². The van der Waals surface area contributed by atoms with Crippen molar-refractivity contribution in [1.82, 2.24) is 10.1 Å². The van der Waals surface area contributed by atoms with E-state index in [2.05, 4.69) is 5.16 Å². The van der Waals surface area contributed by atoms with Gasteiger partial charge in [0.1, 0.15) is 11.3 Å². The maximum Gasteiger partial charge on any atom is 0.309 e. The number of aromatic nitrogens is 1. The molecule has 7 nitrogen and oxygen atoms in total. The zero-order valence-corrected chi connectivity index (χ0v) is 15.2. The molecule has 1 aliphatic heterocycles. The van der Waals surface area contributed by atoms with Gasteiger partial charge in [-0.3, -0.25) is 9.59 Å². The molecule has 26 heavy (non-hydrogen) atoms. The van der Waals surface area contributed by atoms with Crippen molar-refractivity contribution in [3.05, 3.63) is 34.9 Å². The highest BCUT2D eigenvalue weighted by molar-refractivity contribution is 6.33. The quantitative estimate of drug-likeness (QED) is 0.822. The molecule has 1 fully saturated rings. The molecule has 0 spiro atoms. The van der Waals surface area contributed by atoms with E-state index >= 15 is 0 Å². The van der Waals surface area contributed by atoms with Crippen LogP contribution in [0.3, 0.4) is 0 Å². The lowest BCUT2D eigenvalue weighted by atomic mass is 9.96. The van der Waals surface area contributed by atoms with Crippen LogP contribution >= 0.6 is 11.6 Å². The van der Waals surface area contributed by atoms with Gasteiger partial charge in [-0.15, -0.1) is 0 Å². The summed E-state index contributed by atoms with van der Waals surface area (Å²) in [4.78, 5) is 26.5. The van der Waals surface area contributed by atoms with Crippen LogP contribution in [0.4, 0.5) is 5.88 Å². The number of carbonyl (C=O) groups excluding carboxylic acids is 2. The predicted octanol–water partition coefficient (Wildman–Crippen LogP) is 2.99. The highest BCUT2D eigenvalue weighted by Gasteiger charge is 2.32. The Morgan fingerprint density at radius 3 is 2.69 bits per heavy atom. The van der Waals surface area contributed by atoms with E-state index in [0.29, 0.717) is 48.8 Å². The second-order valence-corrected chi connectivity index (χ2v) is 6.48. The number of halogens is 1. The Morgan fingerprint density at radius 1 is 1.35 bits per heavy atom. The van der Waals surface area contributed by atoms with E-state index < -0.39 is 0 Å². The fourth-order valence-electron chi connectivity index (χ4n) is 3.08. The van der Waals surface area contributed by atoms with Gasteiger partial charge in [-0.2, -0.15) is 0 Å². The molecule has 1 aromatic heterocycles. The highest BCUT2D eigenvalue weighted by atomic mass is 35.5. The summed E-state index contributed by atoms with van der Waals surface area (Å²) >= 11 is 6.22. The van der Waals surface area contributed by atoms with Gasteiger partial charge < -0.3 is 19.9 Å². The Labute approximate surface area is 156 Å². The van der Waals surface area contributed by atoms with Crippen LogP contribution in [0, 0.1) is 5.92 Å². The normalized spacial score (nSPS) is 15.1. The van der Waals surface area contributed by atoms with Crippen LogP contribution in [-0.4, -0.2) is 41.6 Å². The number of carbonyl (C=O) groups is 2. The SMILES string of the molecule is CCOC(=O)C1CCN(C(=O)c2c(-c3ccccc3Cl)noc2N)CC1. The number of piperidine rings is 1. The topological polar surface area (TPSA) is 98.7 Å². The summed E-state index contributed by atoms with van der Waals surface area (Å²) in [6.07, 6.45) is 1.11. The molecule has 0 unspecified atom stereocenters. The molecule has 2 N–H and O–H groups in total. The van der Waals surface area contributed by atoms with Gasteiger partial charge in [-0.05, 0) is 25.8 Å². The molecule has 1 saturated heterocycles. The molecule has 3 rings (SSSR count). The molecule has 1 aliphatic rings. The Balaban J connectivity index is 1.79. The molecule has 0 atom stereocenters. The van der Waals surface area contributed by atoms with Crippen LogP contribution in [0.15, 0.2) is 28.8 Å². The van der Waals surface area contributed by atoms with Crippen molar-refractivity contribution in [2.45, 2.75) is 19.8 Å². The van der Waals surface area contributed by atoms with Crippen molar-refractivity contribution < 1.29 is 18.8 Å². The van der Waals surface area contributed by atoms with Crippen LogP contribution in [-0.2, 0) is 9.53 Å². The lowest BCUT2D eigenvalue weighted by Crippen LogP contribution is -2.40. The van der Waals surface area contributed by atoms with E-state index in [1.807, 2.05) is 0 Å². The number of ether oxygens (including phenoxy) is 1. The van der Waals surface area contributed by atoms with Crippen molar-refractivity contribution in [3.8, 4) is 11.3 Å². The first-order valence-electron chi connectivity index (χ1n) is 8.48. The van der Waals surface area contributed by atoms with Crippen LogP contribution in [0.5, 0.6) is 0 Å². The number of esters is 1. The zero-order chi connectivity index (χ0) is 18.7. The number of hydrogen-bond acceptors (Lipinski definition) is 6. The van der Waals surface area contributed by atoms with E-state index in [-0.39, 0.29) is 29.2 Å². The average molecular weight is 378 g/mol. The first-order chi connectivity index (χ1) is 12.5. The molecule has 0 saturated carbocycles. The first-order valence-corrected chi connectivity index (χ1v) is 8.86. The van der Waals surface area contributed by atoms with E-state index in [9.17, 15) is 9.59 Å². The minimum Gasteiger partial charge on any atom is -0.466 e. The van der Waals surface area contributed by atoms with Gasteiger partial charge in [0.15, 0.2) is 0 Å². The summed E-state index contributed by atoms with van der Waals surface area (Å²) in [5.41, 5.74) is 6.97. The number of rotatable bonds is 4. The fourth-order valence-corrected chi connectivity index (χ4v) is 3.31. The van der Waals surface area contributed by atoms with E-state index in [0.717, 1.165) is 0 Å². The summed E-state index contributed by atoms with van der Waals surface area (Å²) in [6, 6.07) is 7.05. The number of nitrogen functional groups attached to an aromatic ring is 1. The largest absolute Gasteiger partial charge is 0.466 e. The Kier molecular flexibility index (Phi) is 5.46. The molecule has 0 radical (unpaired) electrons. The van der Waals surface area contributed by atoms with Crippen molar-refractivity contribution in [2.75, 3.05) is 25.4 Å². The van der Waals surface area contributed by atoms with Gasteiger partial charge in [-0.1, -0.05) is 35.0 Å². The summed E-state index contributed by atoms with van der Waals surface area (Å²) in [6.45, 7) is 3.02. The first kappa shape index (κ1) is 18.3. The van der Waals surface area contributed by atoms with Crippen molar-refractivity contribution in [3.63, 3.8) is 0 Å². The molecule has 2 aromatic rings. The molecule has 138 valence electrons. The van der Waals surface area contributed by atoms with Crippen molar-refractivity contribution in [2.24, 2.45) is 5.92 Å². The number of amides is 1. The molecule has 2 heterocycles. The van der Waals surface area contributed by atoms with Crippen molar-refractivity contribution in [1.29, 1.82) is 0 Å². The van der Waals surface area contributed by atoms with Gasteiger partial charge in [0, 0.05) is 18.7 Å². The van der Waals surface area contributed by atoms with Gasteiger partial charge in [0.05, 0.1) is 17.5 Å². The minimum absolute atomic E-state index is 0.0440. The third-order valence-electron chi connectivity index (χ3n) is 4.46. The number of benzene rings is 1. The van der Waals surface area contributed by atoms with Crippen molar-refractivity contribution >= 4 is 29.4 Å². The predicted molar refractivity (Wildman–Crippen MR) is 96.6 cm³/mol. The summed E-state index contributed by atoms with van der Waals surface area (Å²) in [7, 11) is 0. The molecule has 1 aromatic carbocycles. The molecule has 8 heteroatoms. The van der Waals surface area contributed by atoms with Gasteiger partial charge in [-0.25, -0.2) is 0 Å². The maximum absolute atomic E-state index is 13.0. The molecular formula is C18H20ClN3O4. The lowest BCUT2D eigenvalue weighted by molar-refractivity contribution is -0.149. The Bertz CT molecular complexity index is 813. The molecule has 0 aliphatic carbocycles. The second-order valence-electron chi connectivity index (χ2n) is 6.07. The number of likely N-dealkylation sites (tertiary alicyclic amines) is 1. The Hall–Kier alpha value is -2.54. The number of hydrogen-bond donors (Lipinski definition) is 1. The summed E-state index contributed by atoms with van der Waals surface area (Å²) < 4.78 is 10.1.